The maximum Gasteiger partial charge on any atom is 0.265 e. The lowest BCUT2D eigenvalue weighted by Crippen LogP contribution is -2.25. The van der Waals surface area contributed by atoms with Crippen LogP contribution < -0.4 is 15.6 Å². The number of aryl methyl sites for hydroxylation is 1. The molecule has 4 aromatic heterocycles. The minimum Gasteiger partial charge on any atom is -0.452 e. The van der Waals surface area contributed by atoms with Crippen molar-refractivity contribution in [1.29, 1.82) is 0 Å². The predicted molar refractivity (Wildman–Crippen MR) is 153 cm³/mol. The summed E-state index contributed by atoms with van der Waals surface area (Å²) in [7, 11) is 1.84. The van der Waals surface area contributed by atoms with E-state index in [0.29, 0.717) is 28.2 Å². The lowest BCUT2D eigenvalue weighted by atomic mass is 10.0. The van der Waals surface area contributed by atoms with E-state index in [9.17, 15) is 14.0 Å². The minimum atomic E-state index is -0.670. The summed E-state index contributed by atoms with van der Waals surface area (Å²) in [5, 5.41) is 11.8. The monoisotopic (exact) mass is 566 g/mol. The zero-order valence-corrected chi connectivity index (χ0v) is 22.6. The smallest absolute Gasteiger partial charge is 0.265 e. The first-order valence-corrected chi connectivity index (χ1v) is 13.0. The molecule has 9 nitrogen and oxygen atoms in total. The van der Waals surface area contributed by atoms with E-state index in [1.54, 1.807) is 52.1 Å². The van der Waals surface area contributed by atoms with Gasteiger partial charge < -0.3 is 10.1 Å². The number of carbonyl (C=O) groups is 1. The van der Waals surface area contributed by atoms with Crippen LogP contribution in [-0.2, 0) is 13.5 Å². The molecule has 0 aliphatic carbocycles. The molecule has 0 unspecified atom stereocenters. The highest BCUT2D eigenvalue weighted by atomic mass is 19.1. The second-order valence-corrected chi connectivity index (χ2v) is 9.69. The van der Waals surface area contributed by atoms with Gasteiger partial charge in [-0.3, -0.25) is 18.8 Å². The molecule has 42 heavy (non-hydrogen) atoms. The quantitative estimate of drug-likeness (QED) is 0.235. The first-order chi connectivity index (χ1) is 20.3. The third kappa shape index (κ3) is 5.15. The molecular formula is C31H24F2N6O3. The average Bonchev–Trinajstić information content (AvgIpc) is 3.57. The minimum absolute atomic E-state index is 0.0395. The summed E-state index contributed by atoms with van der Waals surface area (Å²) in [6, 6.07) is 16.1. The van der Waals surface area contributed by atoms with Crippen LogP contribution >= 0.6 is 0 Å². The summed E-state index contributed by atoms with van der Waals surface area (Å²) < 4.78 is 39.1. The van der Waals surface area contributed by atoms with Crippen molar-refractivity contribution in [1.82, 2.24) is 24.0 Å². The molecule has 4 heterocycles. The highest BCUT2D eigenvalue weighted by molar-refractivity contribution is 5.97. The zero-order valence-electron chi connectivity index (χ0n) is 22.6. The Morgan fingerprint density at radius 1 is 1.00 bits per heavy atom. The Labute approximate surface area is 238 Å². The molecule has 0 fully saturated rings. The fourth-order valence-electron chi connectivity index (χ4n) is 4.57. The van der Waals surface area contributed by atoms with Crippen molar-refractivity contribution in [2.24, 2.45) is 7.05 Å². The summed E-state index contributed by atoms with van der Waals surface area (Å²) in [5.74, 6) is -1.26. The van der Waals surface area contributed by atoms with Crippen LogP contribution in [0.3, 0.4) is 0 Å². The van der Waals surface area contributed by atoms with Crippen molar-refractivity contribution in [3.05, 3.63) is 130 Å². The fourth-order valence-corrected chi connectivity index (χ4v) is 4.57. The van der Waals surface area contributed by atoms with Crippen LogP contribution in [0.5, 0.6) is 11.5 Å². The normalized spacial score (nSPS) is 11.1. The number of aromatic nitrogens is 5. The molecule has 0 spiro atoms. The van der Waals surface area contributed by atoms with Crippen molar-refractivity contribution in [3.8, 4) is 17.2 Å². The first kappa shape index (κ1) is 26.6. The Balaban J connectivity index is 1.23. The Morgan fingerprint density at radius 3 is 2.55 bits per heavy atom. The van der Waals surface area contributed by atoms with Gasteiger partial charge in [0.25, 0.3) is 5.56 Å². The zero-order chi connectivity index (χ0) is 29.4. The number of ketones is 1. The SMILES string of the molecule is Cc1c(Nc2cc(Oc3ccc(CC(=O)c4cccn(-c5ccc(F)cc5)c4=O)cc3F)c3ccnn3c2)cnn1C. The third-order valence-corrected chi connectivity index (χ3v) is 6.92. The molecule has 0 aliphatic heterocycles. The van der Waals surface area contributed by atoms with E-state index in [0.717, 1.165) is 11.4 Å². The molecular weight excluding hydrogens is 542 g/mol. The third-order valence-electron chi connectivity index (χ3n) is 6.92. The second-order valence-electron chi connectivity index (χ2n) is 9.69. The Bertz CT molecular complexity index is 2010. The van der Waals surface area contributed by atoms with Crippen LogP contribution in [0.15, 0.2) is 96.3 Å². The molecule has 0 aliphatic rings. The van der Waals surface area contributed by atoms with Gasteiger partial charge >= 0.3 is 0 Å². The molecule has 0 saturated carbocycles. The molecule has 11 heteroatoms. The highest BCUT2D eigenvalue weighted by Gasteiger charge is 2.17. The highest BCUT2D eigenvalue weighted by Crippen LogP contribution is 2.32. The van der Waals surface area contributed by atoms with Crippen molar-refractivity contribution < 1.29 is 18.3 Å². The molecule has 2 aromatic carbocycles. The van der Waals surface area contributed by atoms with E-state index in [-0.39, 0.29) is 17.7 Å². The van der Waals surface area contributed by atoms with E-state index in [1.165, 1.54) is 53.2 Å². The number of anilines is 2. The van der Waals surface area contributed by atoms with Gasteiger partial charge in [-0.1, -0.05) is 6.07 Å². The van der Waals surface area contributed by atoms with Gasteiger partial charge in [0.2, 0.25) is 0 Å². The van der Waals surface area contributed by atoms with Crippen LogP contribution in [0.1, 0.15) is 21.6 Å². The Kier molecular flexibility index (Phi) is 6.83. The number of hydrogen-bond donors (Lipinski definition) is 1. The largest absolute Gasteiger partial charge is 0.452 e. The number of rotatable bonds is 8. The summed E-state index contributed by atoms with van der Waals surface area (Å²) >= 11 is 0. The van der Waals surface area contributed by atoms with Gasteiger partial charge in [0.1, 0.15) is 11.3 Å². The molecule has 0 radical (unpaired) electrons. The number of benzene rings is 2. The number of ether oxygens (including phenoxy) is 1. The van der Waals surface area contributed by atoms with E-state index in [2.05, 4.69) is 15.5 Å². The summed E-state index contributed by atoms with van der Waals surface area (Å²) in [4.78, 5) is 26.0. The number of nitrogens with one attached hydrogen (secondary N) is 1. The molecule has 0 atom stereocenters. The van der Waals surface area contributed by atoms with Crippen LogP contribution in [0.4, 0.5) is 20.2 Å². The number of Topliss-reactive ketones (excluding diaryl/α,β-unsaturated/α-hetero) is 1. The van der Waals surface area contributed by atoms with Crippen LogP contribution in [0.25, 0.3) is 11.2 Å². The van der Waals surface area contributed by atoms with Gasteiger partial charge in [-0.15, -0.1) is 0 Å². The lowest BCUT2D eigenvalue weighted by Gasteiger charge is -2.13. The molecule has 0 bridgehead atoms. The fraction of sp³-hybridized carbons (Fsp3) is 0.0968. The van der Waals surface area contributed by atoms with Gasteiger partial charge in [0.05, 0.1) is 41.2 Å². The van der Waals surface area contributed by atoms with Crippen molar-refractivity contribution in [3.63, 3.8) is 0 Å². The number of pyridine rings is 2. The molecule has 6 aromatic rings. The molecule has 210 valence electrons. The van der Waals surface area contributed by atoms with E-state index in [4.69, 9.17) is 4.74 Å². The molecule has 1 N–H and O–H groups in total. The number of carbonyl (C=O) groups excluding carboxylic acids is 1. The lowest BCUT2D eigenvalue weighted by molar-refractivity contribution is 0.0991. The summed E-state index contributed by atoms with van der Waals surface area (Å²) in [6.07, 6.45) is 6.40. The van der Waals surface area contributed by atoms with E-state index < -0.39 is 23.0 Å². The Morgan fingerprint density at radius 2 is 1.81 bits per heavy atom. The predicted octanol–water partition coefficient (Wildman–Crippen LogP) is 5.77. The number of nitrogens with zero attached hydrogens (tertiary/aromatic N) is 5. The van der Waals surface area contributed by atoms with Crippen molar-refractivity contribution >= 4 is 22.7 Å². The van der Waals surface area contributed by atoms with Gasteiger partial charge in [0.15, 0.2) is 23.1 Å². The van der Waals surface area contributed by atoms with Gasteiger partial charge in [-0.2, -0.15) is 10.2 Å². The molecule has 6 rings (SSSR count). The maximum atomic E-state index is 15.2. The first-order valence-electron chi connectivity index (χ1n) is 13.0. The number of fused-ring (bicyclic) bond motifs is 1. The average molecular weight is 567 g/mol. The summed E-state index contributed by atoms with van der Waals surface area (Å²) in [5.41, 5.74) is 3.21. The Hall–Kier alpha value is -5.58. The van der Waals surface area contributed by atoms with Crippen molar-refractivity contribution in [2.45, 2.75) is 13.3 Å². The van der Waals surface area contributed by atoms with Gasteiger partial charge in [-0.25, -0.2) is 13.3 Å². The summed E-state index contributed by atoms with van der Waals surface area (Å²) in [6.45, 7) is 1.93. The topological polar surface area (TPSA) is 95.4 Å². The van der Waals surface area contributed by atoms with Gasteiger partial charge in [0, 0.05) is 31.4 Å². The van der Waals surface area contributed by atoms with Gasteiger partial charge in [-0.05, 0) is 67.1 Å². The maximum absolute atomic E-state index is 15.2. The number of halogens is 2. The molecule has 0 saturated heterocycles. The molecule has 0 amide bonds. The van der Waals surface area contributed by atoms with Crippen molar-refractivity contribution in [2.75, 3.05) is 5.32 Å². The van der Waals surface area contributed by atoms with Crippen LogP contribution in [-0.4, -0.2) is 29.7 Å². The standard InChI is InChI=1S/C31H24F2N6O3/c1-19-26(17-35-37(19)2)36-22-16-30(27-11-12-34-39(27)18-22)42-29-10-5-20(14-25(29)33)15-28(40)24-4-3-13-38(31(24)41)23-8-6-21(32)7-9-23/h3-14,16-18,36H,15H2,1-2H3. The van der Waals surface area contributed by atoms with E-state index >= 15 is 4.39 Å². The van der Waals surface area contributed by atoms with E-state index in [1.807, 2.05) is 14.0 Å². The van der Waals surface area contributed by atoms with Crippen LogP contribution in [0.2, 0.25) is 0 Å². The number of hydrogen-bond acceptors (Lipinski definition) is 6. The second kappa shape index (κ2) is 10.8. The van der Waals surface area contributed by atoms with Crippen LogP contribution in [0, 0.1) is 18.6 Å².